The minimum atomic E-state index is 0.499. The summed E-state index contributed by atoms with van der Waals surface area (Å²) in [5.74, 6) is 1.95. The van der Waals surface area contributed by atoms with Crippen LogP contribution in [0.5, 0.6) is 11.5 Å². The molecule has 0 aliphatic heterocycles. The first kappa shape index (κ1) is 19.8. The Morgan fingerprint density at radius 3 is 2.35 bits per heavy atom. The highest BCUT2D eigenvalue weighted by Gasteiger charge is 2.18. The van der Waals surface area contributed by atoms with Gasteiger partial charge in [0.05, 0.1) is 36.2 Å². The largest absolute Gasteiger partial charge is 0.495 e. The Labute approximate surface area is 176 Å². The topological polar surface area (TPSA) is 48.3 Å². The van der Waals surface area contributed by atoms with Crippen LogP contribution in [0.15, 0.2) is 24.3 Å². The van der Waals surface area contributed by atoms with Gasteiger partial charge in [-0.3, -0.25) is 0 Å². The van der Waals surface area contributed by atoms with E-state index in [0.29, 0.717) is 34.3 Å². The molecule has 0 spiro atoms. The zero-order chi connectivity index (χ0) is 18.8. The lowest BCUT2D eigenvalue weighted by Gasteiger charge is -2.14. The molecule has 3 rings (SSSR count). The van der Waals surface area contributed by atoms with E-state index in [9.17, 15) is 0 Å². The van der Waals surface area contributed by atoms with Crippen LogP contribution in [-0.4, -0.2) is 30.8 Å². The van der Waals surface area contributed by atoms with Crippen molar-refractivity contribution in [2.75, 3.05) is 26.6 Å². The molecule has 26 heavy (non-hydrogen) atoms. The van der Waals surface area contributed by atoms with Crippen LogP contribution >= 0.6 is 51.6 Å². The Hall–Kier alpha value is -0.950. The molecule has 0 aliphatic rings. The van der Waals surface area contributed by atoms with Crippen LogP contribution in [0.3, 0.4) is 0 Å². The number of ether oxygens (including phenoxy) is 2. The molecule has 0 radical (unpaired) electrons. The molecule has 1 atom stereocenters. The van der Waals surface area contributed by atoms with Crippen LogP contribution in [-0.2, 0) is 6.42 Å². The van der Waals surface area contributed by atoms with Gasteiger partial charge in [-0.15, -0.1) is 0 Å². The summed E-state index contributed by atoms with van der Waals surface area (Å²) < 4.78 is 12.7. The molecule has 0 saturated heterocycles. The van der Waals surface area contributed by atoms with Gasteiger partial charge in [-0.25, -0.2) is 4.45 Å². The second-order valence-corrected chi connectivity index (χ2v) is 8.31. The second kappa shape index (κ2) is 8.38. The predicted octanol–water partition coefficient (Wildman–Crippen LogP) is 5.78. The molecule has 138 valence electrons. The smallest absolute Gasteiger partial charge is 0.156 e. The summed E-state index contributed by atoms with van der Waals surface area (Å²) in [5.41, 5.74) is 2.93. The van der Waals surface area contributed by atoms with Crippen molar-refractivity contribution >= 4 is 68.3 Å². The number of halogens is 3. The summed E-state index contributed by atoms with van der Waals surface area (Å²) in [4.78, 5) is 0. The number of benzene rings is 2. The van der Waals surface area contributed by atoms with Gasteiger partial charge in [-0.2, -0.15) is 5.10 Å². The van der Waals surface area contributed by atoms with Crippen molar-refractivity contribution in [3.05, 3.63) is 45.4 Å². The molecule has 2 aromatic carbocycles. The number of nitrogens with one attached hydrogen (secondary N) is 1. The summed E-state index contributed by atoms with van der Waals surface area (Å²) >= 11 is 15.3. The van der Waals surface area contributed by atoms with E-state index >= 15 is 0 Å². The normalized spacial score (nSPS) is 11.5. The predicted molar refractivity (Wildman–Crippen MR) is 119 cm³/mol. The second-order valence-electron chi connectivity index (χ2n) is 5.51. The van der Waals surface area contributed by atoms with Crippen molar-refractivity contribution in [1.29, 1.82) is 0 Å². The number of hydrogen-bond donors (Lipinski definition) is 1. The molecule has 1 heterocycles. The Morgan fingerprint density at radius 1 is 1.15 bits per heavy atom. The first-order valence-corrected chi connectivity index (χ1v) is 12.5. The number of rotatable bonds is 6. The molecule has 3 aromatic rings. The standard InChI is InChI=1S/C17H17Cl2IN3O2P/c1-21-17-10-5-4-9(7-12(10)23(22-17)26-20)6-11-15(18)13(24-2)8-14(25-3)16(11)19/h4-5,7-8,26H,6H2,1-3H3,(H,21,22). The van der Waals surface area contributed by atoms with E-state index in [-0.39, 0.29) is 0 Å². The highest BCUT2D eigenvalue weighted by molar-refractivity contribution is 14.2. The van der Waals surface area contributed by atoms with E-state index in [2.05, 4.69) is 50.7 Å². The molecular formula is C17H17Cl2IN3O2P. The lowest BCUT2D eigenvalue weighted by Crippen LogP contribution is -1.97. The fourth-order valence-electron chi connectivity index (χ4n) is 2.82. The summed E-state index contributed by atoms with van der Waals surface area (Å²) in [6, 6.07) is 7.94. The zero-order valence-corrected chi connectivity index (χ0v) is 19.0. The SMILES string of the molecule is CNc1nn(PI)c2cc(Cc3c(Cl)c(OC)cc(OC)c3Cl)ccc12. The molecule has 0 saturated carbocycles. The Bertz CT molecular complexity index is 937. The van der Waals surface area contributed by atoms with Crippen molar-refractivity contribution < 1.29 is 9.47 Å². The average molecular weight is 524 g/mol. The molecule has 0 amide bonds. The van der Waals surface area contributed by atoms with Gasteiger partial charge in [-0.05, 0) is 39.7 Å². The maximum absolute atomic E-state index is 6.50. The van der Waals surface area contributed by atoms with E-state index in [1.165, 1.54) is 0 Å². The third kappa shape index (κ3) is 3.57. The summed E-state index contributed by atoms with van der Waals surface area (Å²) in [6.07, 6.45) is 1.07. The highest BCUT2D eigenvalue weighted by atomic mass is 127. The van der Waals surface area contributed by atoms with Gasteiger partial charge in [0.1, 0.15) is 11.5 Å². The van der Waals surface area contributed by atoms with Crippen LogP contribution in [0, 0.1) is 0 Å². The van der Waals surface area contributed by atoms with E-state index in [1.54, 1.807) is 20.3 Å². The molecular weight excluding hydrogens is 507 g/mol. The van der Waals surface area contributed by atoms with Crippen LogP contribution in [0.1, 0.15) is 11.1 Å². The average Bonchev–Trinajstić information content (AvgIpc) is 3.02. The summed E-state index contributed by atoms with van der Waals surface area (Å²) in [6.45, 7) is 0. The monoisotopic (exact) mass is 523 g/mol. The summed E-state index contributed by atoms with van der Waals surface area (Å²) in [7, 11) is 5.02. The Kier molecular flexibility index (Phi) is 6.38. The minimum Gasteiger partial charge on any atom is -0.495 e. The van der Waals surface area contributed by atoms with Crippen LogP contribution < -0.4 is 14.8 Å². The van der Waals surface area contributed by atoms with Crippen LogP contribution in [0.25, 0.3) is 10.9 Å². The molecule has 1 N–H and O–H groups in total. The molecule has 5 nitrogen and oxygen atoms in total. The molecule has 0 bridgehead atoms. The zero-order valence-electron chi connectivity index (χ0n) is 14.4. The minimum absolute atomic E-state index is 0.499. The van der Waals surface area contributed by atoms with Gasteiger partial charge in [-0.1, -0.05) is 29.3 Å². The maximum atomic E-state index is 6.50. The van der Waals surface area contributed by atoms with Crippen LogP contribution in [0.4, 0.5) is 5.82 Å². The third-order valence-corrected chi connectivity index (χ3v) is 6.81. The van der Waals surface area contributed by atoms with Gasteiger partial charge >= 0.3 is 0 Å². The first-order valence-electron chi connectivity index (χ1n) is 7.69. The van der Waals surface area contributed by atoms with Gasteiger partial charge in [0.2, 0.25) is 0 Å². The number of aromatic nitrogens is 2. The highest BCUT2D eigenvalue weighted by Crippen LogP contribution is 2.42. The van der Waals surface area contributed by atoms with E-state index in [0.717, 1.165) is 27.8 Å². The van der Waals surface area contributed by atoms with Gasteiger partial charge < -0.3 is 14.8 Å². The molecule has 9 heteroatoms. The van der Waals surface area contributed by atoms with Gasteiger partial charge in [0.15, 0.2) is 5.82 Å². The van der Waals surface area contributed by atoms with Crippen LogP contribution in [0.2, 0.25) is 10.0 Å². The summed E-state index contributed by atoms with van der Waals surface area (Å²) in [5, 5.41) is 9.80. The van der Waals surface area contributed by atoms with Crippen molar-refractivity contribution in [3.63, 3.8) is 0 Å². The molecule has 1 aromatic heterocycles. The fraction of sp³-hybridized carbons (Fsp3) is 0.235. The van der Waals surface area contributed by atoms with E-state index in [1.807, 2.05) is 11.5 Å². The van der Waals surface area contributed by atoms with E-state index < -0.39 is 0 Å². The van der Waals surface area contributed by atoms with E-state index in [4.69, 9.17) is 32.7 Å². The molecule has 1 unspecified atom stereocenters. The van der Waals surface area contributed by atoms with Crippen molar-refractivity contribution in [2.24, 2.45) is 0 Å². The number of hydrogen-bond acceptors (Lipinski definition) is 4. The lowest BCUT2D eigenvalue weighted by atomic mass is 10.0. The number of methoxy groups -OCH3 is 2. The Morgan fingerprint density at radius 2 is 1.81 bits per heavy atom. The fourth-order valence-corrected chi connectivity index (χ4v) is 4.97. The molecule has 0 aliphatic carbocycles. The molecule has 0 fully saturated rings. The number of fused-ring (bicyclic) bond motifs is 1. The quantitative estimate of drug-likeness (QED) is 0.328. The number of nitrogens with zero attached hydrogens (tertiary/aromatic N) is 2. The lowest BCUT2D eigenvalue weighted by molar-refractivity contribution is 0.394. The van der Waals surface area contributed by atoms with Gasteiger partial charge in [0.25, 0.3) is 0 Å². The Balaban J connectivity index is 2.09. The van der Waals surface area contributed by atoms with Crippen molar-refractivity contribution in [3.8, 4) is 11.5 Å². The van der Waals surface area contributed by atoms with Crippen molar-refractivity contribution in [1.82, 2.24) is 9.55 Å². The third-order valence-electron chi connectivity index (χ3n) is 4.11. The first-order chi connectivity index (χ1) is 12.5. The van der Waals surface area contributed by atoms with Gasteiger partial charge in [0, 0.05) is 30.5 Å². The van der Waals surface area contributed by atoms with Crippen molar-refractivity contribution in [2.45, 2.75) is 6.42 Å². The number of anilines is 1. The maximum Gasteiger partial charge on any atom is 0.156 e.